The molecule has 0 spiro atoms. The molecule has 8 heteroatoms. The van der Waals surface area contributed by atoms with Gasteiger partial charge in [-0.1, -0.05) is 37.2 Å². The lowest BCUT2D eigenvalue weighted by atomic mass is 9.96. The van der Waals surface area contributed by atoms with Crippen LogP contribution in [0.3, 0.4) is 0 Å². The third kappa shape index (κ3) is 4.61. The molecule has 1 aliphatic heterocycles. The van der Waals surface area contributed by atoms with Crippen LogP contribution >= 0.6 is 35.4 Å². The molecule has 2 heterocycles. The Morgan fingerprint density at radius 3 is 2.65 bits per heavy atom. The summed E-state index contributed by atoms with van der Waals surface area (Å²) in [4.78, 5) is 19.5. The van der Waals surface area contributed by atoms with Crippen LogP contribution in [0.15, 0.2) is 51.1 Å². The smallest absolute Gasteiger partial charge is 0.304 e. The number of benzene rings is 2. The summed E-state index contributed by atoms with van der Waals surface area (Å²) in [6, 6.07) is 12.0. The average Bonchev–Trinajstić information content (AvgIpc) is 3.26. The first-order valence-electron chi connectivity index (χ1n) is 10.1. The highest BCUT2D eigenvalue weighted by molar-refractivity contribution is 7.99. The molecule has 3 aromatic rings. The van der Waals surface area contributed by atoms with Crippen molar-refractivity contribution in [1.29, 1.82) is 0 Å². The first-order valence-corrected chi connectivity index (χ1v) is 12.0. The fraction of sp³-hybridized carbons (Fsp3) is 0.348. The quantitative estimate of drug-likeness (QED) is 0.212. The van der Waals surface area contributed by atoms with Crippen LogP contribution in [0.4, 0.5) is 0 Å². The third-order valence-corrected chi connectivity index (χ3v) is 7.54. The second-order valence-corrected chi connectivity index (χ2v) is 10.2. The Hall–Kier alpha value is -1.64. The molecule has 1 N–H and O–H groups in total. The predicted octanol–water partition coefficient (Wildman–Crippen LogP) is 7.12. The minimum atomic E-state index is -0.764. The Kier molecular flexibility index (Phi) is 6.89. The van der Waals surface area contributed by atoms with Crippen LogP contribution in [0.5, 0.6) is 0 Å². The summed E-state index contributed by atoms with van der Waals surface area (Å²) in [5.41, 5.74) is 3.45. The fourth-order valence-electron chi connectivity index (χ4n) is 4.24. The SMILES string of the molecule is COOSc1cc(C(C)C)c2c(Sc3ccc(Cl)cc3)c3n(c2c1)CCC3CC(=O)O. The van der Waals surface area contributed by atoms with Crippen molar-refractivity contribution in [2.75, 3.05) is 7.11 Å². The van der Waals surface area contributed by atoms with Gasteiger partial charge in [0.1, 0.15) is 0 Å². The van der Waals surface area contributed by atoms with Crippen LogP contribution in [-0.4, -0.2) is 22.8 Å². The standard InChI is InChI=1S/C23H24ClNO4S2/c1-13(2)18-11-17(31-29-28-3)12-19-21(18)23(30-16-6-4-15(24)5-7-16)22-14(10-20(26)27)8-9-25(19)22/h4-7,11-14H,8-10H2,1-3H3,(H,26,27). The summed E-state index contributed by atoms with van der Waals surface area (Å²) in [7, 11) is 1.49. The van der Waals surface area contributed by atoms with Gasteiger partial charge in [0.2, 0.25) is 0 Å². The van der Waals surface area contributed by atoms with E-state index in [-0.39, 0.29) is 18.3 Å². The molecule has 4 rings (SSSR count). The molecule has 1 aliphatic rings. The predicted molar refractivity (Wildman–Crippen MR) is 125 cm³/mol. The van der Waals surface area contributed by atoms with Crippen molar-refractivity contribution in [3.8, 4) is 0 Å². The van der Waals surface area contributed by atoms with E-state index in [9.17, 15) is 9.90 Å². The number of aromatic nitrogens is 1. The van der Waals surface area contributed by atoms with Crippen molar-refractivity contribution in [1.82, 2.24) is 4.57 Å². The first kappa shape index (κ1) is 22.6. The van der Waals surface area contributed by atoms with Gasteiger partial charge in [-0.25, -0.2) is 4.89 Å². The van der Waals surface area contributed by atoms with Gasteiger partial charge in [-0.05, 0) is 54.3 Å². The summed E-state index contributed by atoms with van der Waals surface area (Å²) < 4.78 is 7.42. The van der Waals surface area contributed by atoms with Crippen LogP contribution in [0.1, 0.15) is 49.8 Å². The molecule has 1 atom stereocenters. The number of fused-ring (bicyclic) bond motifs is 3. The van der Waals surface area contributed by atoms with Gasteiger partial charge in [-0.15, -0.1) is 0 Å². The largest absolute Gasteiger partial charge is 0.481 e. The summed E-state index contributed by atoms with van der Waals surface area (Å²) in [6.07, 6.45) is 0.963. The lowest BCUT2D eigenvalue weighted by Crippen LogP contribution is -2.04. The Labute approximate surface area is 195 Å². The third-order valence-electron chi connectivity index (χ3n) is 5.53. The number of rotatable bonds is 8. The van der Waals surface area contributed by atoms with Gasteiger partial charge in [0.15, 0.2) is 0 Å². The maximum Gasteiger partial charge on any atom is 0.304 e. The molecule has 5 nitrogen and oxygen atoms in total. The fourth-order valence-corrected chi connectivity index (χ4v) is 6.06. The first-order chi connectivity index (χ1) is 14.9. The van der Waals surface area contributed by atoms with Crippen LogP contribution in [0, 0.1) is 0 Å². The highest BCUT2D eigenvalue weighted by Crippen LogP contribution is 2.49. The van der Waals surface area contributed by atoms with E-state index in [0.717, 1.165) is 38.9 Å². The van der Waals surface area contributed by atoms with E-state index in [1.165, 1.54) is 30.1 Å². The molecule has 1 aromatic heterocycles. The van der Waals surface area contributed by atoms with Crippen LogP contribution in [0.25, 0.3) is 10.9 Å². The Morgan fingerprint density at radius 2 is 2.00 bits per heavy atom. The molecule has 0 bridgehead atoms. The highest BCUT2D eigenvalue weighted by Gasteiger charge is 2.33. The second-order valence-electron chi connectivity index (χ2n) is 7.88. The number of carbonyl (C=O) groups is 1. The average molecular weight is 478 g/mol. The number of aryl methyl sites for hydroxylation is 1. The highest BCUT2D eigenvalue weighted by atomic mass is 35.5. The zero-order valence-electron chi connectivity index (χ0n) is 17.6. The van der Waals surface area contributed by atoms with E-state index in [1.807, 2.05) is 24.3 Å². The van der Waals surface area contributed by atoms with E-state index < -0.39 is 5.97 Å². The van der Waals surface area contributed by atoms with Crippen molar-refractivity contribution < 1.29 is 19.1 Å². The van der Waals surface area contributed by atoms with E-state index in [4.69, 9.17) is 20.8 Å². The Balaban J connectivity index is 1.93. The van der Waals surface area contributed by atoms with Gasteiger partial charge in [-0.2, -0.15) is 4.33 Å². The lowest BCUT2D eigenvalue weighted by Gasteiger charge is -2.14. The van der Waals surface area contributed by atoms with Gasteiger partial charge in [-0.3, -0.25) is 4.79 Å². The minimum absolute atomic E-state index is 0.00830. The van der Waals surface area contributed by atoms with Crippen molar-refractivity contribution >= 4 is 52.3 Å². The molecule has 0 saturated carbocycles. The number of nitrogens with zero attached hydrogens (tertiary/aromatic N) is 1. The van der Waals surface area contributed by atoms with Crippen molar-refractivity contribution in [2.24, 2.45) is 0 Å². The van der Waals surface area contributed by atoms with E-state index in [0.29, 0.717) is 5.02 Å². The monoisotopic (exact) mass is 477 g/mol. The lowest BCUT2D eigenvalue weighted by molar-refractivity contribution is -0.160. The summed E-state index contributed by atoms with van der Waals surface area (Å²) in [6.45, 7) is 5.16. The maximum atomic E-state index is 11.6. The second kappa shape index (κ2) is 9.46. The normalized spacial score (nSPS) is 15.7. The molecule has 0 fully saturated rings. The molecule has 2 aromatic carbocycles. The molecule has 0 radical (unpaired) electrons. The molecule has 0 saturated heterocycles. The Bertz CT molecular complexity index is 1110. The molecule has 1 unspecified atom stereocenters. The zero-order valence-corrected chi connectivity index (χ0v) is 19.9. The van der Waals surface area contributed by atoms with E-state index in [2.05, 4.69) is 30.5 Å². The summed E-state index contributed by atoms with van der Waals surface area (Å²) >= 11 is 8.96. The summed E-state index contributed by atoms with van der Waals surface area (Å²) in [5, 5.41) is 11.4. The maximum absolute atomic E-state index is 11.6. The van der Waals surface area contributed by atoms with Crippen molar-refractivity contribution in [3.63, 3.8) is 0 Å². The van der Waals surface area contributed by atoms with Gasteiger partial charge in [0, 0.05) is 43.3 Å². The number of halogens is 1. The van der Waals surface area contributed by atoms with E-state index >= 15 is 0 Å². The Morgan fingerprint density at radius 1 is 1.26 bits per heavy atom. The molecule has 31 heavy (non-hydrogen) atoms. The van der Waals surface area contributed by atoms with Gasteiger partial charge >= 0.3 is 5.97 Å². The van der Waals surface area contributed by atoms with E-state index in [1.54, 1.807) is 11.8 Å². The number of hydrogen-bond acceptors (Lipinski definition) is 5. The van der Waals surface area contributed by atoms with Crippen LogP contribution in [0.2, 0.25) is 5.02 Å². The molecular formula is C23H24ClNO4S2. The zero-order chi connectivity index (χ0) is 22.1. The van der Waals surface area contributed by atoms with Crippen molar-refractivity contribution in [3.05, 3.63) is 52.7 Å². The van der Waals surface area contributed by atoms with Gasteiger partial charge < -0.3 is 9.67 Å². The number of carboxylic acids is 1. The number of aliphatic carboxylic acids is 1. The molecule has 164 valence electrons. The van der Waals surface area contributed by atoms with Crippen LogP contribution in [-0.2, 0) is 20.6 Å². The number of carboxylic acid groups (broad SMARTS) is 1. The minimum Gasteiger partial charge on any atom is -0.481 e. The summed E-state index contributed by atoms with van der Waals surface area (Å²) in [5.74, 6) is -0.484. The van der Waals surface area contributed by atoms with Crippen molar-refractivity contribution in [2.45, 2.75) is 59.8 Å². The topological polar surface area (TPSA) is 60.7 Å². The van der Waals surface area contributed by atoms with Gasteiger partial charge in [0.05, 0.1) is 31.1 Å². The molecule has 0 aliphatic carbocycles. The molecular weight excluding hydrogens is 454 g/mol. The van der Waals surface area contributed by atoms with Crippen LogP contribution < -0.4 is 0 Å². The molecule has 0 amide bonds. The number of hydrogen-bond donors (Lipinski definition) is 1. The van der Waals surface area contributed by atoms with Gasteiger partial charge in [0.25, 0.3) is 0 Å².